The Morgan fingerprint density at radius 2 is 1.69 bits per heavy atom. The fourth-order valence-corrected chi connectivity index (χ4v) is 1.78. The van der Waals surface area contributed by atoms with Gasteiger partial charge in [0.25, 0.3) is 0 Å². The number of nitriles is 1. The van der Waals surface area contributed by atoms with Crippen LogP contribution in [-0.2, 0) is 6.42 Å². The van der Waals surface area contributed by atoms with Gasteiger partial charge in [0.2, 0.25) is 0 Å². The first kappa shape index (κ1) is 10.4. The van der Waals surface area contributed by atoms with Gasteiger partial charge in [-0.1, -0.05) is 54.1 Å². The highest BCUT2D eigenvalue weighted by Crippen LogP contribution is 2.21. The van der Waals surface area contributed by atoms with Crippen molar-refractivity contribution < 1.29 is 0 Å². The summed E-state index contributed by atoms with van der Waals surface area (Å²) in [5.74, 6) is 0. The number of nitrogens with zero attached hydrogens (tertiary/aromatic N) is 1. The molecule has 0 fully saturated rings. The Balaban J connectivity index is 2.41. The Morgan fingerprint density at radius 1 is 1.00 bits per heavy atom. The molecule has 0 bridgehead atoms. The van der Waals surface area contributed by atoms with Crippen LogP contribution in [0.2, 0.25) is 0 Å². The van der Waals surface area contributed by atoms with Crippen LogP contribution in [0.5, 0.6) is 0 Å². The summed E-state index contributed by atoms with van der Waals surface area (Å²) in [5, 5.41) is 8.68. The highest BCUT2D eigenvalue weighted by molar-refractivity contribution is 5.64. The molecule has 16 heavy (non-hydrogen) atoms. The third-order valence-corrected chi connectivity index (χ3v) is 2.56. The molecular weight excluding hydrogens is 194 g/mol. The van der Waals surface area contributed by atoms with Crippen molar-refractivity contribution >= 4 is 0 Å². The van der Waals surface area contributed by atoms with Crippen molar-refractivity contribution in [3.63, 3.8) is 0 Å². The quantitative estimate of drug-likeness (QED) is 0.736. The van der Waals surface area contributed by atoms with Crippen LogP contribution < -0.4 is 0 Å². The van der Waals surface area contributed by atoms with Crippen molar-refractivity contribution in [2.24, 2.45) is 0 Å². The van der Waals surface area contributed by atoms with E-state index in [1.165, 1.54) is 16.7 Å². The average Bonchev–Trinajstić information content (AvgIpc) is 2.30. The molecule has 2 aromatic carbocycles. The summed E-state index contributed by atoms with van der Waals surface area (Å²) >= 11 is 0. The van der Waals surface area contributed by atoms with Crippen molar-refractivity contribution in [1.82, 2.24) is 0 Å². The lowest BCUT2D eigenvalue weighted by Gasteiger charge is -2.04. The van der Waals surface area contributed by atoms with Crippen LogP contribution in [-0.4, -0.2) is 0 Å². The van der Waals surface area contributed by atoms with Crippen molar-refractivity contribution in [2.45, 2.75) is 13.3 Å². The number of rotatable bonds is 2. The second-order valence-electron chi connectivity index (χ2n) is 3.90. The lowest BCUT2D eigenvalue weighted by molar-refractivity contribution is 1.26. The monoisotopic (exact) mass is 207 g/mol. The highest BCUT2D eigenvalue weighted by Gasteiger charge is 1.99. The van der Waals surface area contributed by atoms with Crippen LogP contribution in [0, 0.1) is 18.3 Å². The van der Waals surface area contributed by atoms with E-state index in [1.54, 1.807) is 0 Å². The molecule has 78 valence electrons. The van der Waals surface area contributed by atoms with E-state index >= 15 is 0 Å². The van der Waals surface area contributed by atoms with Gasteiger partial charge in [-0.3, -0.25) is 0 Å². The smallest absolute Gasteiger partial charge is 0.0669 e. The standard InChI is InChI=1S/C15H13N/c1-12-4-2-6-14(10-12)15-7-3-5-13(11-15)8-9-16/h2-7,10-11H,8H2,1H3. The summed E-state index contributed by atoms with van der Waals surface area (Å²) in [7, 11) is 0. The Labute approximate surface area is 96.0 Å². The zero-order chi connectivity index (χ0) is 11.4. The minimum atomic E-state index is 0.472. The van der Waals surface area contributed by atoms with Gasteiger partial charge in [-0.05, 0) is 23.6 Å². The Kier molecular flexibility index (Phi) is 3.03. The molecule has 0 aliphatic carbocycles. The zero-order valence-electron chi connectivity index (χ0n) is 9.27. The van der Waals surface area contributed by atoms with E-state index in [-0.39, 0.29) is 0 Å². The topological polar surface area (TPSA) is 23.8 Å². The van der Waals surface area contributed by atoms with E-state index in [2.05, 4.69) is 49.4 Å². The van der Waals surface area contributed by atoms with E-state index in [0.717, 1.165) is 5.56 Å². The van der Waals surface area contributed by atoms with Crippen LogP contribution in [0.3, 0.4) is 0 Å². The van der Waals surface area contributed by atoms with Crippen molar-refractivity contribution in [3.8, 4) is 17.2 Å². The SMILES string of the molecule is Cc1cccc(-c2cccc(CC#N)c2)c1. The van der Waals surface area contributed by atoms with Gasteiger partial charge in [-0.25, -0.2) is 0 Å². The van der Waals surface area contributed by atoms with Crippen molar-refractivity contribution in [1.29, 1.82) is 5.26 Å². The number of hydrogen-bond acceptors (Lipinski definition) is 1. The van der Waals surface area contributed by atoms with E-state index in [0.29, 0.717) is 6.42 Å². The molecule has 2 rings (SSSR count). The largest absolute Gasteiger partial charge is 0.198 e. The van der Waals surface area contributed by atoms with E-state index in [4.69, 9.17) is 5.26 Å². The van der Waals surface area contributed by atoms with E-state index in [9.17, 15) is 0 Å². The van der Waals surface area contributed by atoms with Gasteiger partial charge in [-0.2, -0.15) is 5.26 Å². The predicted octanol–water partition coefficient (Wildman–Crippen LogP) is 3.73. The minimum absolute atomic E-state index is 0.472. The molecule has 0 spiro atoms. The molecular formula is C15H13N. The molecule has 0 heterocycles. The minimum Gasteiger partial charge on any atom is -0.198 e. The maximum absolute atomic E-state index is 8.68. The van der Waals surface area contributed by atoms with Gasteiger partial charge in [0.15, 0.2) is 0 Å². The van der Waals surface area contributed by atoms with E-state index < -0.39 is 0 Å². The molecule has 0 saturated carbocycles. The normalized spacial score (nSPS) is 9.75. The highest BCUT2D eigenvalue weighted by atomic mass is 14.2. The molecule has 0 aliphatic rings. The Hall–Kier alpha value is -2.07. The molecule has 1 heteroatoms. The van der Waals surface area contributed by atoms with Crippen molar-refractivity contribution in [2.75, 3.05) is 0 Å². The number of hydrogen-bond donors (Lipinski definition) is 0. The Morgan fingerprint density at radius 3 is 2.38 bits per heavy atom. The summed E-state index contributed by atoms with van der Waals surface area (Å²) in [6, 6.07) is 18.7. The van der Waals surface area contributed by atoms with Gasteiger partial charge in [0.1, 0.15) is 0 Å². The molecule has 1 nitrogen and oxygen atoms in total. The molecule has 2 aromatic rings. The second-order valence-corrected chi connectivity index (χ2v) is 3.90. The third kappa shape index (κ3) is 2.29. The summed E-state index contributed by atoms with van der Waals surface area (Å²) in [6.45, 7) is 2.09. The lowest BCUT2D eigenvalue weighted by atomic mass is 10.0. The van der Waals surface area contributed by atoms with Crippen LogP contribution in [0.15, 0.2) is 48.5 Å². The number of aryl methyl sites for hydroxylation is 1. The van der Waals surface area contributed by atoms with Crippen molar-refractivity contribution in [3.05, 3.63) is 59.7 Å². The fraction of sp³-hybridized carbons (Fsp3) is 0.133. The molecule has 0 atom stereocenters. The first-order chi connectivity index (χ1) is 7.79. The molecule has 0 amide bonds. The van der Waals surface area contributed by atoms with Crippen LogP contribution in [0.1, 0.15) is 11.1 Å². The van der Waals surface area contributed by atoms with E-state index in [1.807, 2.05) is 12.1 Å². The third-order valence-electron chi connectivity index (χ3n) is 2.56. The first-order valence-corrected chi connectivity index (χ1v) is 5.32. The summed E-state index contributed by atoms with van der Waals surface area (Å²) < 4.78 is 0. The van der Waals surface area contributed by atoms with Gasteiger partial charge >= 0.3 is 0 Å². The molecule has 0 N–H and O–H groups in total. The molecule has 0 aromatic heterocycles. The predicted molar refractivity (Wildman–Crippen MR) is 65.9 cm³/mol. The molecule has 0 aliphatic heterocycles. The van der Waals surface area contributed by atoms with Gasteiger partial charge in [-0.15, -0.1) is 0 Å². The summed E-state index contributed by atoms with van der Waals surface area (Å²) in [4.78, 5) is 0. The average molecular weight is 207 g/mol. The zero-order valence-corrected chi connectivity index (χ0v) is 9.27. The summed E-state index contributed by atoms with van der Waals surface area (Å²) in [6.07, 6.45) is 0.472. The first-order valence-electron chi connectivity index (χ1n) is 5.32. The fourth-order valence-electron chi connectivity index (χ4n) is 1.78. The number of benzene rings is 2. The molecule has 0 radical (unpaired) electrons. The van der Waals surface area contributed by atoms with Crippen LogP contribution in [0.25, 0.3) is 11.1 Å². The maximum atomic E-state index is 8.68. The van der Waals surface area contributed by atoms with Gasteiger partial charge in [0.05, 0.1) is 12.5 Å². The molecule has 0 unspecified atom stereocenters. The Bertz CT molecular complexity index is 535. The molecule has 0 saturated heterocycles. The maximum Gasteiger partial charge on any atom is 0.0669 e. The van der Waals surface area contributed by atoms with Gasteiger partial charge < -0.3 is 0 Å². The lowest BCUT2D eigenvalue weighted by Crippen LogP contribution is -1.84. The second kappa shape index (κ2) is 4.63. The summed E-state index contributed by atoms with van der Waals surface area (Å²) in [5.41, 5.74) is 4.71. The van der Waals surface area contributed by atoms with Crippen LogP contribution in [0.4, 0.5) is 0 Å². The van der Waals surface area contributed by atoms with Crippen LogP contribution >= 0.6 is 0 Å². The van der Waals surface area contributed by atoms with Gasteiger partial charge in [0, 0.05) is 0 Å².